The van der Waals surface area contributed by atoms with Gasteiger partial charge in [-0.25, -0.2) is 0 Å². The van der Waals surface area contributed by atoms with Gasteiger partial charge in [-0.3, -0.25) is 4.79 Å². The molecular formula is C54H50N6O8S. The first-order valence-corrected chi connectivity index (χ1v) is 23.1. The average molecular weight is 943 g/mol. The third-order valence-corrected chi connectivity index (χ3v) is 12.5. The number of methoxy groups -OCH3 is 3. The third kappa shape index (κ3) is 11.9. The molecule has 4 N–H and O–H groups in total. The Labute approximate surface area is 403 Å². The molecule has 0 aromatic heterocycles. The van der Waals surface area contributed by atoms with E-state index < -0.39 is 0 Å². The summed E-state index contributed by atoms with van der Waals surface area (Å²) in [6.45, 7) is 1.54. The molecule has 0 aliphatic heterocycles. The number of benzene rings is 7. The van der Waals surface area contributed by atoms with E-state index in [0.717, 1.165) is 5.56 Å². The number of hydrogen-bond donors (Lipinski definition) is 4. The number of carbonyl (C=O) groups is 1. The van der Waals surface area contributed by atoms with Gasteiger partial charge in [0.05, 0.1) is 55.5 Å². The van der Waals surface area contributed by atoms with Gasteiger partial charge in [0.1, 0.15) is 40.2 Å². The fourth-order valence-electron chi connectivity index (χ4n) is 8.06. The molecule has 7 aromatic rings. The first-order chi connectivity index (χ1) is 33.4. The molecule has 0 saturated heterocycles. The first kappa shape index (κ1) is 47.5. The average Bonchev–Trinajstić information content (AvgIpc) is 3.36. The molecule has 8 bridgehead atoms. The van der Waals surface area contributed by atoms with E-state index in [1.54, 1.807) is 137 Å². The Morgan fingerprint density at radius 1 is 0.435 bits per heavy atom. The summed E-state index contributed by atoms with van der Waals surface area (Å²) in [5.41, 5.74) is 7.55. The van der Waals surface area contributed by atoms with Crippen LogP contribution in [-0.4, -0.2) is 52.6 Å². The minimum absolute atomic E-state index is 0.00360. The number of aryl methyl sites for hydroxylation is 1. The minimum Gasteiger partial charge on any atom is -0.507 e. The van der Waals surface area contributed by atoms with Crippen LogP contribution in [0, 0.1) is 0 Å². The number of rotatable bonds is 13. The van der Waals surface area contributed by atoms with E-state index in [0.29, 0.717) is 114 Å². The third-order valence-electron chi connectivity index (χ3n) is 11.6. The molecule has 350 valence electrons. The topological polar surface area (TPSA) is 200 Å². The summed E-state index contributed by atoms with van der Waals surface area (Å²) in [6, 6.07) is 35.5. The lowest BCUT2D eigenvalue weighted by Crippen LogP contribution is -2.02. The van der Waals surface area contributed by atoms with Crippen molar-refractivity contribution in [1.82, 2.24) is 0 Å². The van der Waals surface area contributed by atoms with Crippen LogP contribution < -0.4 is 14.2 Å². The fraction of sp³-hybridized carbons (Fsp3) is 0.204. The van der Waals surface area contributed by atoms with Crippen LogP contribution in [0.25, 0.3) is 0 Å². The number of aromatic hydroxyl groups is 4. The van der Waals surface area contributed by atoms with E-state index in [1.165, 1.54) is 11.8 Å². The maximum atomic E-state index is 12.2. The Hall–Kier alpha value is -8.04. The van der Waals surface area contributed by atoms with E-state index in [1.807, 2.05) is 12.1 Å². The Morgan fingerprint density at radius 2 is 0.696 bits per heavy atom. The summed E-state index contributed by atoms with van der Waals surface area (Å²) in [7, 11) is 4.76. The van der Waals surface area contributed by atoms with Crippen LogP contribution in [0.4, 0.5) is 34.1 Å². The van der Waals surface area contributed by atoms with Gasteiger partial charge in [-0.15, -0.1) is 0 Å². The summed E-state index contributed by atoms with van der Waals surface area (Å²) < 4.78 is 15.9. The van der Waals surface area contributed by atoms with E-state index in [4.69, 9.17) is 14.2 Å². The molecule has 0 unspecified atom stereocenters. The predicted molar refractivity (Wildman–Crippen MR) is 267 cm³/mol. The molecule has 8 rings (SSSR count). The van der Waals surface area contributed by atoms with Crippen LogP contribution in [0.1, 0.15) is 63.4 Å². The predicted octanol–water partition coefficient (Wildman–Crippen LogP) is 13.7. The van der Waals surface area contributed by atoms with Crippen molar-refractivity contribution in [2.45, 2.75) is 45.4 Å². The van der Waals surface area contributed by atoms with Crippen molar-refractivity contribution in [1.29, 1.82) is 0 Å². The van der Waals surface area contributed by atoms with Gasteiger partial charge in [0.25, 0.3) is 0 Å². The van der Waals surface area contributed by atoms with E-state index in [2.05, 4.69) is 30.7 Å². The number of nitrogens with zero attached hydrogens (tertiary/aromatic N) is 6. The number of hydrogen-bond acceptors (Lipinski definition) is 15. The summed E-state index contributed by atoms with van der Waals surface area (Å²) in [6.07, 6.45) is 1.51. The summed E-state index contributed by atoms with van der Waals surface area (Å²) in [4.78, 5) is 11.8. The lowest BCUT2D eigenvalue weighted by molar-refractivity contribution is -0.109. The maximum Gasteiger partial charge on any atom is 0.185 e. The van der Waals surface area contributed by atoms with Gasteiger partial charge in [0, 0.05) is 71.7 Å². The minimum atomic E-state index is -0.0710. The Balaban J connectivity index is 1.30. The summed E-state index contributed by atoms with van der Waals surface area (Å²) in [5, 5.41) is 75.9. The summed E-state index contributed by atoms with van der Waals surface area (Å²) >= 11 is 1.26. The number of fused-ring (bicyclic) bond motifs is 8. The first-order valence-electron chi connectivity index (χ1n) is 22.1. The number of azo groups is 3. The smallest absolute Gasteiger partial charge is 0.185 e. The molecule has 7 aromatic carbocycles. The summed E-state index contributed by atoms with van der Waals surface area (Å²) in [5.74, 6) is 2.46. The zero-order valence-electron chi connectivity index (χ0n) is 38.5. The van der Waals surface area contributed by atoms with Crippen molar-refractivity contribution in [3.63, 3.8) is 0 Å². The zero-order valence-corrected chi connectivity index (χ0v) is 39.3. The second-order valence-corrected chi connectivity index (χ2v) is 17.7. The number of ether oxygens (including phenoxy) is 3. The highest BCUT2D eigenvalue weighted by molar-refractivity contribution is 8.13. The highest BCUT2D eigenvalue weighted by atomic mass is 32.2. The van der Waals surface area contributed by atoms with E-state index >= 15 is 0 Å². The molecule has 69 heavy (non-hydrogen) atoms. The lowest BCUT2D eigenvalue weighted by Gasteiger charge is -2.19. The molecular weight excluding hydrogens is 893 g/mol. The monoisotopic (exact) mass is 942 g/mol. The number of thioether (sulfide) groups is 1. The van der Waals surface area contributed by atoms with Crippen molar-refractivity contribution < 1.29 is 39.4 Å². The number of carbonyl (C=O) groups excluding carboxylic acids is 1. The molecule has 0 radical (unpaired) electrons. The van der Waals surface area contributed by atoms with Crippen LogP contribution in [0.5, 0.6) is 40.2 Å². The molecule has 0 heterocycles. The van der Waals surface area contributed by atoms with Gasteiger partial charge in [-0.1, -0.05) is 23.9 Å². The standard InChI is InChI=1S/C54H50N6O8S/c1-32(61)69-19-5-6-33-20-34-22-36-26-45(58-55-42-7-13-48(66-2)14-8-42)28-38(52(36)63)24-40-30-47(60-57-44-11-17-50(68-4)18-12-44)31-41(54(40)65)25-39-29-46(59-56-43-9-15-49(67-3)16-10-43)27-37(53(39)64)23-35(21-33)51(34)62/h7-18,20-21,26-31,62-65H,5-6,19,22-25H2,1-4H3. The van der Waals surface area contributed by atoms with Crippen LogP contribution in [0.2, 0.25) is 0 Å². The van der Waals surface area contributed by atoms with Crippen molar-refractivity contribution >= 4 is 51.0 Å². The second kappa shape index (κ2) is 21.7. The van der Waals surface area contributed by atoms with Crippen LogP contribution >= 0.6 is 11.8 Å². The van der Waals surface area contributed by atoms with Gasteiger partial charge >= 0.3 is 0 Å². The number of phenolic OH excluding ortho intramolecular Hbond substituents is 4. The maximum absolute atomic E-state index is 12.2. The quantitative estimate of drug-likeness (QED) is 0.0641. The Morgan fingerprint density at radius 3 is 0.957 bits per heavy atom. The molecule has 0 atom stereocenters. The molecule has 0 fully saturated rings. The van der Waals surface area contributed by atoms with Gasteiger partial charge in [-0.05, 0) is 139 Å². The largest absolute Gasteiger partial charge is 0.507 e. The normalized spacial score (nSPS) is 12.5. The second-order valence-electron chi connectivity index (χ2n) is 16.4. The SMILES string of the molecule is COc1ccc(N=Nc2cc3c(O)c(c2)Cc2cc(N=Nc4ccc(OC)cc4)cc(c2O)Cc2cc(N=Nc4ccc(OC)cc4)cc(c2O)Cc2cc(CCCSC(C)=O)cc(c2O)C3)cc1. The van der Waals surface area contributed by atoms with Crippen molar-refractivity contribution in [2.75, 3.05) is 27.1 Å². The van der Waals surface area contributed by atoms with Crippen LogP contribution in [0.15, 0.2) is 152 Å². The van der Waals surface area contributed by atoms with Gasteiger partial charge in [-0.2, -0.15) is 30.7 Å². The Bertz CT molecular complexity index is 2920. The molecule has 0 amide bonds. The van der Waals surface area contributed by atoms with Crippen molar-refractivity contribution in [3.8, 4) is 40.2 Å². The fourth-order valence-corrected chi connectivity index (χ4v) is 8.63. The van der Waals surface area contributed by atoms with Crippen LogP contribution in [-0.2, 0) is 36.9 Å². The zero-order chi connectivity index (χ0) is 48.4. The molecule has 0 spiro atoms. The Kier molecular flexibility index (Phi) is 14.9. The van der Waals surface area contributed by atoms with Gasteiger partial charge in [0.2, 0.25) is 0 Å². The lowest BCUT2D eigenvalue weighted by atomic mass is 9.89. The van der Waals surface area contributed by atoms with Crippen LogP contribution in [0.3, 0.4) is 0 Å². The highest BCUT2D eigenvalue weighted by Crippen LogP contribution is 2.42. The molecule has 14 nitrogen and oxygen atoms in total. The molecule has 1 aliphatic rings. The van der Waals surface area contributed by atoms with E-state index in [-0.39, 0.29) is 53.8 Å². The highest BCUT2D eigenvalue weighted by Gasteiger charge is 2.22. The molecule has 1 aliphatic carbocycles. The van der Waals surface area contributed by atoms with Gasteiger partial charge in [0.15, 0.2) is 5.12 Å². The van der Waals surface area contributed by atoms with Crippen molar-refractivity contribution in [3.05, 3.63) is 171 Å². The van der Waals surface area contributed by atoms with Gasteiger partial charge < -0.3 is 34.6 Å². The van der Waals surface area contributed by atoms with E-state index in [9.17, 15) is 25.2 Å². The number of phenols is 4. The van der Waals surface area contributed by atoms with Crippen molar-refractivity contribution in [2.24, 2.45) is 30.7 Å². The molecule has 15 heteroatoms. The molecule has 0 saturated carbocycles.